The van der Waals surface area contributed by atoms with Crippen molar-refractivity contribution >= 4 is 22.8 Å². The molecular formula is C19H26FN3O3. The minimum atomic E-state index is -0.903. The lowest BCUT2D eigenvalue weighted by atomic mass is 10.0. The minimum absolute atomic E-state index is 0.128. The number of benzene rings is 1. The third-order valence-electron chi connectivity index (χ3n) is 4.38. The van der Waals surface area contributed by atoms with Crippen LogP contribution in [-0.2, 0) is 16.1 Å². The van der Waals surface area contributed by atoms with Gasteiger partial charge in [-0.15, -0.1) is 0 Å². The third kappa shape index (κ3) is 4.39. The Balaban J connectivity index is 2.30. The van der Waals surface area contributed by atoms with E-state index in [2.05, 4.69) is 10.4 Å². The zero-order chi connectivity index (χ0) is 19.3. The highest BCUT2D eigenvalue weighted by Gasteiger charge is 2.27. The van der Waals surface area contributed by atoms with Gasteiger partial charge < -0.3 is 10.1 Å². The molecule has 0 spiro atoms. The third-order valence-corrected chi connectivity index (χ3v) is 4.38. The lowest BCUT2D eigenvalue weighted by molar-refractivity contribution is -0.144. The number of hydrogen-bond acceptors (Lipinski definition) is 4. The van der Waals surface area contributed by atoms with Crippen molar-refractivity contribution in [2.75, 3.05) is 7.11 Å². The van der Waals surface area contributed by atoms with E-state index in [9.17, 15) is 14.0 Å². The van der Waals surface area contributed by atoms with E-state index in [1.807, 2.05) is 32.0 Å². The van der Waals surface area contributed by atoms with Crippen LogP contribution in [0.5, 0.6) is 0 Å². The fraction of sp³-hybridized carbons (Fsp3) is 0.526. The van der Waals surface area contributed by atoms with E-state index in [0.717, 1.165) is 5.52 Å². The molecule has 1 amide bonds. The van der Waals surface area contributed by atoms with Crippen LogP contribution in [0.25, 0.3) is 10.9 Å². The van der Waals surface area contributed by atoms with Gasteiger partial charge in [-0.2, -0.15) is 5.10 Å². The van der Waals surface area contributed by atoms with Crippen molar-refractivity contribution in [1.29, 1.82) is 0 Å². The van der Waals surface area contributed by atoms with Gasteiger partial charge >= 0.3 is 5.97 Å². The standard InChI is InChI=1S/C19H26FN3O3/c1-5-13(20)10-11-23-15-9-7-6-8-14(15)17(22-23)18(24)21-16(12(2)3)19(25)26-4/h6-9,12-13,16H,5,10-11H2,1-4H3,(H,21,24)/t13-,16+/m1/s1. The number of esters is 1. The summed E-state index contributed by atoms with van der Waals surface area (Å²) in [5.74, 6) is -1.08. The highest BCUT2D eigenvalue weighted by molar-refractivity contribution is 6.06. The molecule has 2 rings (SSSR count). The van der Waals surface area contributed by atoms with Crippen molar-refractivity contribution in [1.82, 2.24) is 15.1 Å². The molecular weight excluding hydrogens is 337 g/mol. The monoisotopic (exact) mass is 363 g/mol. The number of carbonyl (C=O) groups is 2. The van der Waals surface area contributed by atoms with E-state index in [0.29, 0.717) is 24.8 Å². The lowest BCUT2D eigenvalue weighted by Crippen LogP contribution is -2.45. The molecule has 1 heterocycles. The minimum Gasteiger partial charge on any atom is -0.467 e. The second kappa shape index (κ2) is 8.78. The molecule has 6 nitrogen and oxygen atoms in total. The number of ether oxygens (including phenoxy) is 1. The number of fused-ring (bicyclic) bond motifs is 1. The maximum atomic E-state index is 13.6. The first-order chi connectivity index (χ1) is 12.4. The number of nitrogens with one attached hydrogen (secondary N) is 1. The molecule has 0 radical (unpaired) electrons. The van der Waals surface area contributed by atoms with Crippen molar-refractivity contribution in [2.24, 2.45) is 5.92 Å². The van der Waals surface area contributed by atoms with Crippen LogP contribution in [-0.4, -0.2) is 41.0 Å². The first-order valence-corrected chi connectivity index (χ1v) is 8.87. The van der Waals surface area contributed by atoms with Crippen molar-refractivity contribution in [3.63, 3.8) is 0 Å². The number of carbonyl (C=O) groups excluding carboxylic acids is 2. The summed E-state index contributed by atoms with van der Waals surface area (Å²) >= 11 is 0. The van der Waals surface area contributed by atoms with Gasteiger partial charge in [0.2, 0.25) is 0 Å². The highest BCUT2D eigenvalue weighted by atomic mass is 19.1. The van der Waals surface area contributed by atoms with Crippen LogP contribution in [0.15, 0.2) is 24.3 Å². The van der Waals surface area contributed by atoms with Crippen LogP contribution in [0.1, 0.15) is 44.1 Å². The fourth-order valence-corrected chi connectivity index (χ4v) is 2.77. The molecule has 0 aliphatic heterocycles. The van der Waals surface area contributed by atoms with Crippen molar-refractivity contribution < 1.29 is 18.7 Å². The van der Waals surface area contributed by atoms with Crippen LogP contribution in [0, 0.1) is 5.92 Å². The number of halogens is 1. The number of aromatic nitrogens is 2. The number of alkyl halides is 1. The van der Waals surface area contributed by atoms with Gasteiger partial charge in [0.25, 0.3) is 5.91 Å². The summed E-state index contributed by atoms with van der Waals surface area (Å²) in [5.41, 5.74) is 0.988. The Morgan fingerprint density at radius 3 is 2.62 bits per heavy atom. The first-order valence-electron chi connectivity index (χ1n) is 8.87. The second-order valence-electron chi connectivity index (χ2n) is 6.60. The number of amides is 1. The van der Waals surface area contributed by atoms with Crippen LogP contribution in [0.3, 0.4) is 0 Å². The summed E-state index contributed by atoms with van der Waals surface area (Å²) in [4.78, 5) is 24.6. The smallest absolute Gasteiger partial charge is 0.328 e. The summed E-state index contributed by atoms with van der Waals surface area (Å²) in [7, 11) is 1.29. The van der Waals surface area contributed by atoms with Crippen LogP contribution in [0.2, 0.25) is 0 Å². The van der Waals surface area contributed by atoms with Gasteiger partial charge in [-0.05, 0) is 24.8 Å². The molecule has 0 aliphatic carbocycles. The Morgan fingerprint density at radius 1 is 1.31 bits per heavy atom. The molecule has 0 fully saturated rings. The van der Waals surface area contributed by atoms with Crippen molar-refractivity contribution in [3.8, 4) is 0 Å². The Morgan fingerprint density at radius 2 is 2.00 bits per heavy atom. The quantitative estimate of drug-likeness (QED) is 0.732. The molecule has 1 aromatic heterocycles. The molecule has 0 unspecified atom stereocenters. The molecule has 0 saturated carbocycles. The molecule has 142 valence electrons. The highest BCUT2D eigenvalue weighted by Crippen LogP contribution is 2.20. The van der Waals surface area contributed by atoms with E-state index in [4.69, 9.17) is 4.74 Å². The zero-order valence-corrected chi connectivity index (χ0v) is 15.7. The average molecular weight is 363 g/mol. The normalized spacial score (nSPS) is 13.6. The van der Waals surface area contributed by atoms with Crippen molar-refractivity contribution in [2.45, 2.75) is 52.4 Å². The number of aryl methyl sites for hydroxylation is 1. The lowest BCUT2D eigenvalue weighted by Gasteiger charge is -2.19. The number of rotatable bonds is 8. The number of methoxy groups -OCH3 is 1. The van der Waals surface area contributed by atoms with E-state index < -0.39 is 24.1 Å². The van der Waals surface area contributed by atoms with Gasteiger partial charge in [0.15, 0.2) is 5.69 Å². The summed E-state index contributed by atoms with van der Waals surface area (Å²) in [6, 6.07) is 6.55. The summed E-state index contributed by atoms with van der Waals surface area (Å²) in [5, 5.41) is 7.75. The maximum Gasteiger partial charge on any atom is 0.328 e. The van der Waals surface area contributed by atoms with E-state index in [1.54, 1.807) is 17.7 Å². The summed E-state index contributed by atoms with van der Waals surface area (Å²) < 4.78 is 20.0. The van der Waals surface area contributed by atoms with Gasteiger partial charge in [-0.25, -0.2) is 9.18 Å². The van der Waals surface area contributed by atoms with Gasteiger partial charge in [-0.3, -0.25) is 9.48 Å². The predicted molar refractivity (Wildman–Crippen MR) is 97.6 cm³/mol. The molecule has 1 N–H and O–H groups in total. The van der Waals surface area contributed by atoms with Gasteiger partial charge in [0.1, 0.15) is 12.2 Å². The molecule has 0 bridgehead atoms. The molecule has 7 heteroatoms. The maximum absolute atomic E-state index is 13.6. The predicted octanol–water partition coefficient (Wildman–Crippen LogP) is 3.10. The first kappa shape index (κ1) is 19.9. The molecule has 1 aromatic carbocycles. The Hall–Kier alpha value is -2.44. The van der Waals surface area contributed by atoms with Crippen LogP contribution in [0.4, 0.5) is 4.39 Å². The number of nitrogens with zero attached hydrogens (tertiary/aromatic N) is 2. The number of para-hydroxylation sites is 1. The largest absolute Gasteiger partial charge is 0.467 e. The molecule has 2 atom stereocenters. The van der Waals surface area contributed by atoms with Gasteiger partial charge in [0.05, 0.1) is 12.6 Å². The topological polar surface area (TPSA) is 73.2 Å². The van der Waals surface area contributed by atoms with E-state index in [1.165, 1.54) is 7.11 Å². The van der Waals surface area contributed by atoms with Gasteiger partial charge in [-0.1, -0.05) is 39.0 Å². The van der Waals surface area contributed by atoms with E-state index >= 15 is 0 Å². The van der Waals surface area contributed by atoms with Crippen molar-refractivity contribution in [3.05, 3.63) is 30.0 Å². The Labute approximate surface area is 152 Å². The second-order valence-corrected chi connectivity index (χ2v) is 6.60. The number of hydrogen-bond donors (Lipinski definition) is 1. The Kier molecular flexibility index (Phi) is 6.71. The molecule has 26 heavy (non-hydrogen) atoms. The van der Waals surface area contributed by atoms with Crippen LogP contribution >= 0.6 is 0 Å². The fourth-order valence-electron chi connectivity index (χ4n) is 2.77. The molecule has 2 aromatic rings. The zero-order valence-electron chi connectivity index (χ0n) is 15.7. The molecule has 0 aliphatic rings. The van der Waals surface area contributed by atoms with E-state index in [-0.39, 0.29) is 11.6 Å². The van der Waals surface area contributed by atoms with Crippen LogP contribution < -0.4 is 5.32 Å². The van der Waals surface area contributed by atoms with Gasteiger partial charge in [0, 0.05) is 11.9 Å². The summed E-state index contributed by atoms with van der Waals surface area (Å²) in [6.45, 7) is 5.83. The Bertz CT molecular complexity index is 772. The summed E-state index contributed by atoms with van der Waals surface area (Å²) in [6.07, 6.45) is -0.123. The average Bonchev–Trinajstić information content (AvgIpc) is 3.02. The SMILES string of the molecule is CC[C@@H](F)CCn1nc(C(=O)N[C@H](C(=O)OC)C(C)C)c2ccccc21. The molecule has 0 saturated heterocycles.